The summed E-state index contributed by atoms with van der Waals surface area (Å²) in [6, 6.07) is 3.89. The van der Waals surface area contributed by atoms with Gasteiger partial charge in [0.1, 0.15) is 21.7 Å². The lowest BCUT2D eigenvalue weighted by atomic mass is 10.3. The third-order valence-electron chi connectivity index (χ3n) is 2.78. The van der Waals surface area contributed by atoms with Crippen LogP contribution < -0.4 is 5.32 Å². The first-order valence-electron chi connectivity index (χ1n) is 6.49. The number of rotatable bonds is 5. The Labute approximate surface area is 132 Å². The van der Waals surface area contributed by atoms with E-state index in [-0.39, 0.29) is 0 Å². The van der Waals surface area contributed by atoms with E-state index in [9.17, 15) is 0 Å². The molecule has 0 aliphatic carbocycles. The van der Waals surface area contributed by atoms with Crippen molar-refractivity contribution in [1.82, 2.24) is 15.0 Å². The first-order chi connectivity index (χ1) is 9.65. The first-order valence-corrected chi connectivity index (χ1v) is 8.10. The predicted octanol–water partition coefficient (Wildman–Crippen LogP) is 4.09. The normalized spacial score (nSPS) is 10.6. The Balaban J connectivity index is 2.39. The standard InChI is InChI=1S/C14H17BrN4S/c1-4-6-11-18-12(16-3)9(2)13(19-11)20-14-10(15)7-5-8-17-14/h5,7-8H,4,6H2,1-3H3,(H,16,18,19). The molecule has 0 saturated carbocycles. The van der Waals surface area contributed by atoms with Gasteiger partial charge in [-0.15, -0.1) is 0 Å². The molecule has 0 atom stereocenters. The summed E-state index contributed by atoms with van der Waals surface area (Å²) in [6.45, 7) is 4.16. The van der Waals surface area contributed by atoms with Gasteiger partial charge in [0.2, 0.25) is 0 Å². The number of nitrogens with zero attached hydrogens (tertiary/aromatic N) is 3. The molecule has 0 bridgehead atoms. The van der Waals surface area contributed by atoms with Crippen molar-refractivity contribution in [3.63, 3.8) is 0 Å². The van der Waals surface area contributed by atoms with Gasteiger partial charge in [-0.05, 0) is 53.2 Å². The molecular weight excluding hydrogens is 336 g/mol. The highest BCUT2D eigenvalue weighted by Crippen LogP contribution is 2.34. The molecule has 0 aliphatic heterocycles. The van der Waals surface area contributed by atoms with Gasteiger partial charge in [0.25, 0.3) is 0 Å². The number of hydrogen-bond donors (Lipinski definition) is 1. The Morgan fingerprint density at radius 1 is 1.30 bits per heavy atom. The molecule has 0 saturated heterocycles. The van der Waals surface area contributed by atoms with Crippen LogP contribution in [0, 0.1) is 6.92 Å². The molecular formula is C14H17BrN4S. The monoisotopic (exact) mass is 352 g/mol. The van der Waals surface area contributed by atoms with Crippen molar-refractivity contribution in [3.05, 3.63) is 34.2 Å². The summed E-state index contributed by atoms with van der Waals surface area (Å²) in [4.78, 5) is 13.6. The first kappa shape index (κ1) is 15.3. The molecule has 4 nitrogen and oxygen atoms in total. The highest BCUT2D eigenvalue weighted by Gasteiger charge is 2.13. The second kappa shape index (κ2) is 7.04. The van der Waals surface area contributed by atoms with Gasteiger partial charge in [-0.1, -0.05) is 6.92 Å². The SMILES string of the molecule is CCCc1nc(NC)c(C)c(Sc2ncccc2Br)n1. The van der Waals surface area contributed by atoms with Crippen LogP contribution in [0.2, 0.25) is 0 Å². The van der Waals surface area contributed by atoms with Gasteiger partial charge in [-0.3, -0.25) is 0 Å². The second-order valence-corrected chi connectivity index (χ2v) is 6.14. The van der Waals surface area contributed by atoms with Gasteiger partial charge in [-0.25, -0.2) is 15.0 Å². The summed E-state index contributed by atoms with van der Waals surface area (Å²) >= 11 is 5.08. The van der Waals surface area contributed by atoms with Crippen LogP contribution in [0.3, 0.4) is 0 Å². The third kappa shape index (κ3) is 3.49. The number of hydrogen-bond acceptors (Lipinski definition) is 5. The zero-order valence-corrected chi connectivity index (χ0v) is 14.2. The predicted molar refractivity (Wildman–Crippen MR) is 86.4 cm³/mol. The van der Waals surface area contributed by atoms with E-state index in [1.54, 1.807) is 18.0 Å². The van der Waals surface area contributed by atoms with Gasteiger partial charge in [0.15, 0.2) is 0 Å². The Bertz CT molecular complexity index is 604. The maximum atomic E-state index is 4.66. The van der Waals surface area contributed by atoms with Crippen molar-refractivity contribution in [2.45, 2.75) is 36.7 Å². The number of aromatic nitrogens is 3. The fourth-order valence-corrected chi connectivity index (χ4v) is 3.12. The molecule has 0 aliphatic rings. The van der Waals surface area contributed by atoms with E-state index >= 15 is 0 Å². The summed E-state index contributed by atoms with van der Waals surface area (Å²) in [6.07, 6.45) is 3.70. The lowest BCUT2D eigenvalue weighted by Crippen LogP contribution is -2.04. The molecule has 2 aromatic heterocycles. The van der Waals surface area contributed by atoms with Gasteiger partial charge < -0.3 is 5.32 Å². The van der Waals surface area contributed by atoms with E-state index in [1.807, 2.05) is 26.1 Å². The highest BCUT2D eigenvalue weighted by atomic mass is 79.9. The smallest absolute Gasteiger partial charge is 0.133 e. The van der Waals surface area contributed by atoms with Crippen molar-refractivity contribution < 1.29 is 0 Å². The number of aryl methyl sites for hydroxylation is 1. The maximum absolute atomic E-state index is 4.66. The number of anilines is 1. The minimum Gasteiger partial charge on any atom is -0.373 e. The largest absolute Gasteiger partial charge is 0.373 e. The van der Waals surface area contributed by atoms with Crippen LogP contribution in [0.5, 0.6) is 0 Å². The average molecular weight is 353 g/mol. The summed E-state index contributed by atoms with van der Waals surface area (Å²) < 4.78 is 0.978. The van der Waals surface area contributed by atoms with E-state index in [4.69, 9.17) is 0 Å². The van der Waals surface area contributed by atoms with E-state index < -0.39 is 0 Å². The Hall–Kier alpha value is -1.14. The quantitative estimate of drug-likeness (QED) is 0.821. The van der Waals surface area contributed by atoms with Crippen LogP contribution in [0.4, 0.5) is 5.82 Å². The van der Waals surface area contributed by atoms with Crippen LogP contribution >= 0.6 is 27.7 Å². The lowest BCUT2D eigenvalue weighted by molar-refractivity contribution is 0.803. The summed E-state index contributed by atoms with van der Waals surface area (Å²) in [7, 11) is 1.89. The Kier molecular flexibility index (Phi) is 5.37. The zero-order chi connectivity index (χ0) is 14.5. The van der Waals surface area contributed by atoms with Crippen molar-refractivity contribution in [3.8, 4) is 0 Å². The average Bonchev–Trinajstić information content (AvgIpc) is 2.45. The molecule has 6 heteroatoms. The summed E-state index contributed by atoms with van der Waals surface area (Å²) in [5.74, 6) is 1.76. The molecule has 0 aromatic carbocycles. The van der Waals surface area contributed by atoms with Crippen LogP contribution in [0.15, 0.2) is 32.9 Å². The fourth-order valence-electron chi connectivity index (χ4n) is 1.76. The highest BCUT2D eigenvalue weighted by molar-refractivity contribution is 9.10. The van der Waals surface area contributed by atoms with Gasteiger partial charge in [-0.2, -0.15) is 0 Å². The van der Waals surface area contributed by atoms with Gasteiger partial charge >= 0.3 is 0 Å². The van der Waals surface area contributed by atoms with Crippen LogP contribution in [0.1, 0.15) is 24.7 Å². The van der Waals surface area contributed by atoms with E-state index in [2.05, 4.69) is 43.1 Å². The Morgan fingerprint density at radius 2 is 2.10 bits per heavy atom. The molecule has 1 N–H and O–H groups in total. The molecule has 2 rings (SSSR count). The number of pyridine rings is 1. The number of halogens is 1. The minimum atomic E-state index is 0.872. The fraction of sp³-hybridized carbons (Fsp3) is 0.357. The second-order valence-electron chi connectivity index (χ2n) is 4.31. The van der Waals surface area contributed by atoms with Crippen molar-refractivity contribution in [1.29, 1.82) is 0 Å². The van der Waals surface area contributed by atoms with Crippen molar-refractivity contribution >= 4 is 33.5 Å². The van der Waals surface area contributed by atoms with Crippen LogP contribution in [-0.2, 0) is 6.42 Å². The molecule has 0 unspecified atom stereocenters. The molecule has 20 heavy (non-hydrogen) atoms. The topological polar surface area (TPSA) is 50.7 Å². The van der Waals surface area contributed by atoms with Gasteiger partial charge in [0, 0.05) is 25.2 Å². The molecule has 0 radical (unpaired) electrons. The van der Waals surface area contributed by atoms with Crippen LogP contribution in [-0.4, -0.2) is 22.0 Å². The Morgan fingerprint density at radius 3 is 2.75 bits per heavy atom. The molecule has 0 amide bonds. The molecule has 0 fully saturated rings. The molecule has 2 aromatic rings. The van der Waals surface area contributed by atoms with Crippen molar-refractivity contribution in [2.75, 3.05) is 12.4 Å². The van der Waals surface area contributed by atoms with E-state index in [0.717, 1.165) is 44.6 Å². The molecule has 0 spiro atoms. The summed E-state index contributed by atoms with van der Waals surface area (Å²) in [5.41, 5.74) is 1.05. The number of nitrogens with one attached hydrogen (secondary N) is 1. The van der Waals surface area contributed by atoms with Gasteiger partial charge in [0.05, 0.1) is 4.47 Å². The molecule has 2 heterocycles. The van der Waals surface area contributed by atoms with E-state index in [0.29, 0.717) is 0 Å². The zero-order valence-electron chi connectivity index (χ0n) is 11.8. The summed E-state index contributed by atoms with van der Waals surface area (Å²) in [5, 5.41) is 5.00. The van der Waals surface area contributed by atoms with Crippen molar-refractivity contribution in [2.24, 2.45) is 0 Å². The minimum absolute atomic E-state index is 0.872. The molecule has 106 valence electrons. The maximum Gasteiger partial charge on any atom is 0.133 e. The third-order valence-corrected chi connectivity index (χ3v) is 4.79. The lowest BCUT2D eigenvalue weighted by Gasteiger charge is -2.11. The van der Waals surface area contributed by atoms with Crippen LogP contribution in [0.25, 0.3) is 0 Å². The van der Waals surface area contributed by atoms with E-state index in [1.165, 1.54) is 0 Å².